The molecule has 0 aliphatic heterocycles. The molecule has 0 aromatic rings. The lowest BCUT2D eigenvalue weighted by molar-refractivity contribution is -0.805. The first-order valence-corrected chi connectivity index (χ1v) is 20.0. The van der Waals surface area contributed by atoms with Crippen LogP contribution in [0.2, 0.25) is 0 Å². The van der Waals surface area contributed by atoms with Crippen LogP contribution in [0.25, 0.3) is 0 Å². The number of nitrogens with zero attached hydrogens (tertiary/aromatic N) is 1. The number of Topliss-reactive ketones (excluding diaryl/α,β-unsaturated/α-hetero) is 1. The van der Waals surface area contributed by atoms with Crippen molar-refractivity contribution in [3.05, 3.63) is 24.3 Å². The molecule has 0 N–H and O–H groups in total. The summed E-state index contributed by atoms with van der Waals surface area (Å²) < 4.78 is 0.216. The highest BCUT2D eigenvalue weighted by molar-refractivity contribution is 5.81. The number of rotatable bonds is 32. The first-order valence-electron chi connectivity index (χ1n) is 20.0. The second kappa shape index (κ2) is 37.2. The third-order valence-corrected chi connectivity index (χ3v) is 8.62. The SMILES string of the molecule is CCC.CCCCCCCC/C=C\CCCCCCCC(=O)C[N+](C)(C)C(=O)CCCCCCC/C=C\CCCCCCCC. The Morgan fingerprint density at radius 1 is 0.422 bits per heavy atom. The second-order valence-electron chi connectivity index (χ2n) is 14.2. The van der Waals surface area contributed by atoms with Gasteiger partial charge in [-0.2, -0.15) is 0 Å². The molecular formula is C42H82NO2+. The van der Waals surface area contributed by atoms with Crippen molar-refractivity contribution >= 4 is 11.7 Å². The summed E-state index contributed by atoms with van der Waals surface area (Å²) in [6.45, 7) is 9.15. The van der Waals surface area contributed by atoms with Crippen LogP contribution >= 0.6 is 0 Å². The van der Waals surface area contributed by atoms with Crippen molar-refractivity contribution in [2.75, 3.05) is 20.6 Å². The van der Waals surface area contributed by atoms with Crippen LogP contribution in [-0.4, -0.2) is 36.8 Å². The predicted octanol–water partition coefficient (Wildman–Crippen LogP) is 13.6. The van der Waals surface area contributed by atoms with Gasteiger partial charge in [-0.3, -0.25) is 9.28 Å². The Morgan fingerprint density at radius 2 is 0.711 bits per heavy atom. The van der Waals surface area contributed by atoms with Crippen molar-refractivity contribution in [2.24, 2.45) is 0 Å². The fraction of sp³-hybridized carbons (Fsp3) is 0.857. The smallest absolute Gasteiger partial charge is 0.293 e. The fourth-order valence-corrected chi connectivity index (χ4v) is 5.65. The van der Waals surface area contributed by atoms with Crippen molar-refractivity contribution in [3.63, 3.8) is 0 Å². The van der Waals surface area contributed by atoms with Crippen molar-refractivity contribution in [3.8, 4) is 0 Å². The molecule has 3 heteroatoms. The van der Waals surface area contributed by atoms with Crippen LogP contribution in [0.5, 0.6) is 0 Å². The van der Waals surface area contributed by atoms with Crippen LogP contribution in [0.15, 0.2) is 24.3 Å². The molecule has 0 fully saturated rings. The molecule has 1 amide bonds. The minimum atomic E-state index is 0.213. The van der Waals surface area contributed by atoms with Gasteiger partial charge in [0.2, 0.25) is 0 Å². The first kappa shape index (κ1) is 45.9. The highest BCUT2D eigenvalue weighted by Gasteiger charge is 2.28. The normalized spacial score (nSPS) is 11.8. The number of quaternary nitrogens is 1. The maximum absolute atomic E-state index is 12.8. The maximum atomic E-state index is 12.8. The van der Waals surface area contributed by atoms with Gasteiger partial charge in [0.05, 0.1) is 20.5 Å². The number of ketones is 1. The molecular weight excluding hydrogens is 550 g/mol. The lowest BCUT2D eigenvalue weighted by Gasteiger charge is -2.26. The Bertz CT molecular complexity index is 678. The van der Waals surface area contributed by atoms with Crippen LogP contribution in [0.4, 0.5) is 0 Å². The van der Waals surface area contributed by atoms with Gasteiger partial charge in [0.25, 0.3) is 0 Å². The van der Waals surface area contributed by atoms with Crippen molar-refractivity contribution in [2.45, 2.75) is 214 Å². The van der Waals surface area contributed by atoms with Crippen molar-refractivity contribution < 1.29 is 14.1 Å². The van der Waals surface area contributed by atoms with E-state index in [1.807, 2.05) is 14.1 Å². The van der Waals surface area contributed by atoms with Gasteiger partial charge in [0, 0.05) is 6.42 Å². The molecule has 3 nitrogen and oxygen atoms in total. The van der Waals surface area contributed by atoms with Crippen LogP contribution in [0, 0.1) is 0 Å². The van der Waals surface area contributed by atoms with Gasteiger partial charge in [-0.1, -0.05) is 161 Å². The third-order valence-electron chi connectivity index (χ3n) is 8.62. The summed E-state index contributed by atoms with van der Waals surface area (Å²) in [4.78, 5) is 25.3. The monoisotopic (exact) mass is 633 g/mol. The zero-order valence-corrected chi connectivity index (χ0v) is 31.8. The van der Waals surface area contributed by atoms with Gasteiger partial charge < -0.3 is 0 Å². The van der Waals surface area contributed by atoms with Crippen LogP contribution < -0.4 is 0 Å². The summed E-state index contributed by atoms with van der Waals surface area (Å²) in [6, 6.07) is 0. The van der Waals surface area contributed by atoms with Gasteiger partial charge in [-0.15, -0.1) is 0 Å². The first-order chi connectivity index (χ1) is 21.9. The molecule has 0 aliphatic rings. The molecule has 0 aliphatic carbocycles. The Balaban J connectivity index is 0. The second-order valence-corrected chi connectivity index (χ2v) is 14.2. The topological polar surface area (TPSA) is 34.1 Å². The summed E-state index contributed by atoms with van der Waals surface area (Å²) in [5.41, 5.74) is 0. The summed E-state index contributed by atoms with van der Waals surface area (Å²) >= 11 is 0. The van der Waals surface area contributed by atoms with E-state index in [1.54, 1.807) is 0 Å². The van der Waals surface area contributed by atoms with Crippen molar-refractivity contribution in [1.82, 2.24) is 0 Å². The number of allylic oxidation sites excluding steroid dienone is 4. The molecule has 0 unspecified atom stereocenters. The lowest BCUT2D eigenvalue weighted by atomic mass is 10.1. The van der Waals surface area contributed by atoms with E-state index < -0.39 is 0 Å². The number of hydrogen-bond donors (Lipinski definition) is 0. The summed E-state index contributed by atoms with van der Waals surface area (Å²) in [7, 11) is 3.83. The highest BCUT2D eigenvalue weighted by Crippen LogP contribution is 2.14. The molecule has 45 heavy (non-hydrogen) atoms. The molecule has 0 rings (SSSR count). The Morgan fingerprint density at radius 3 is 1.07 bits per heavy atom. The van der Waals surface area contributed by atoms with E-state index in [0.29, 0.717) is 19.4 Å². The quantitative estimate of drug-likeness (QED) is 0.0420. The number of unbranched alkanes of at least 4 members (excludes halogenated alkanes) is 22. The minimum Gasteiger partial charge on any atom is -0.293 e. The lowest BCUT2D eigenvalue weighted by Crippen LogP contribution is -2.48. The predicted molar refractivity (Wildman–Crippen MR) is 202 cm³/mol. The zero-order chi connectivity index (χ0) is 33.7. The standard InChI is InChI=1S/C39H74NO2.C3H8/c1-5-7-9-11-13-15-17-19-21-23-25-27-29-31-33-35-38(41)37-40(3,4)39(42)36-34-32-30-28-26-24-22-20-18-16-14-12-10-8-6-2;1-3-2/h19-22H,5-18,23-37H2,1-4H3;3H2,1-2H3/q+1;/b21-19-,22-20-;. The van der Waals surface area contributed by atoms with E-state index in [0.717, 1.165) is 25.7 Å². The molecule has 0 saturated heterocycles. The molecule has 0 atom stereocenters. The van der Waals surface area contributed by atoms with E-state index in [9.17, 15) is 9.59 Å². The summed E-state index contributed by atoms with van der Waals surface area (Å²) in [5, 5.41) is 0. The average Bonchev–Trinajstić information content (AvgIpc) is 3.01. The average molecular weight is 633 g/mol. The largest absolute Gasteiger partial charge is 0.313 e. The number of amides is 1. The van der Waals surface area contributed by atoms with Crippen LogP contribution in [-0.2, 0) is 9.59 Å². The molecule has 0 heterocycles. The number of carbonyl (C=O) groups is 2. The Kier molecular flexibility index (Phi) is 38.0. The molecule has 0 radical (unpaired) electrons. The zero-order valence-electron chi connectivity index (χ0n) is 31.8. The van der Waals surface area contributed by atoms with Gasteiger partial charge in [0.15, 0.2) is 5.78 Å². The van der Waals surface area contributed by atoms with Crippen molar-refractivity contribution in [1.29, 1.82) is 0 Å². The Labute approximate surface area is 284 Å². The number of carbonyl (C=O) groups excluding carboxylic acids is 2. The van der Waals surface area contributed by atoms with Gasteiger partial charge in [0.1, 0.15) is 6.54 Å². The molecule has 0 aromatic carbocycles. The number of likely N-dealkylation sites (N-methyl/N-ethyl adjacent to an activating group) is 1. The van der Waals surface area contributed by atoms with Crippen LogP contribution in [0.3, 0.4) is 0 Å². The highest BCUT2D eigenvalue weighted by atomic mass is 16.2. The fourth-order valence-electron chi connectivity index (χ4n) is 5.65. The maximum Gasteiger partial charge on any atom is 0.313 e. The summed E-state index contributed by atoms with van der Waals surface area (Å²) in [6.07, 6.45) is 44.9. The van der Waals surface area contributed by atoms with E-state index in [-0.39, 0.29) is 16.2 Å². The minimum absolute atomic E-state index is 0.213. The van der Waals surface area contributed by atoms with E-state index >= 15 is 0 Å². The Hall–Kier alpha value is -1.22. The molecule has 0 spiro atoms. The van der Waals surface area contributed by atoms with E-state index in [2.05, 4.69) is 52.0 Å². The molecule has 0 saturated carbocycles. The van der Waals surface area contributed by atoms with Gasteiger partial charge in [-0.25, -0.2) is 4.79 Å². The van der Waals surface area contributed by atoms with Gasteiger partial charge >= 0.3 is 5.91 Å². The number of hydrogen-bond acceptors (Lipinski definition) is 2. The van der Waals surface area contributed by atoms with E-state index in [1.165, 1.54) is 148 Å². The third kappa shape index (κ3) is 37.1. The van der Waals surface area contributed by atoms with Crippen LogP contribution in [0.1, 0.15) is 214 Å². The van der Waals surface area contributed by atoms with E-state index in [4.69, 9.17) is 0 Å². The molecule has 266 valence electrons. The molecule has 0 bridgehead atoms. The van der Waals surface area contributed by atoms with Gasteiger partial charge in [-0.05, 0) is 64.2 Å². The summed E-state index contributed by atoms with van der Waals surface area (Å²) in [5.74, 6) is 0.459. The molecule has 0 aromatic heterocycles.